The molecule has 17 heavy (non-hydrogen) atoms. The van der Waals surface area contributed by atoms with E-state index >= 15 is 0 Å². The van der Waals surface area contributed by atoms with Crippen molar-refractivity contribution in [2.24, 2.45) is 11.8 Å². The van der Waals surface area contributed by atoms with Crippen LogP contribution in [0.2, 0.25) is 0 Å². The van der Waals surface area contributed by atoms with Crippen LogP contribution in [0.5, 0.6) is 0 Å². The maximum atomic E-state index is 11.7. The van der Waals surface area contributed by atoms with Crippen molar-refractivity contribution in [3.05, 3.63) is 0 Å². The van der Waals surface area contributed by atoms with Crippen LogP contribution in [0.3, 0.4) is 0 Å². The smallest absolute Gasteiger partial charge is 0.307 e. The number of carbonyl (C=O) groups excluding carboxylic acids is 2. The molecule has 2 fully saturated rings. The molecule has 0 spiro atoms. The lowest BCUT2D eigenvalue weighted by Crippen LogP contribution is -2.49. The number of carbonyl (C=O) groups is 3. The van der Waals surface area contributed by atoms with Crippen LogP contribution in [0.15, 0.2) is 0 Å². The molecule has 94 valence electrons. The third-order valence-corrected chi connectivity index (χ3v) is 3.42. The lowest BCUT2D eigenvalue weighted by atomic mass is 10.1. The van der Waals surface area contributed by atoms with Crippen molar-refractivity contribution < 1.29 is 19.5 Å². The van der Waals surface area contributed by atoms with Gasteiger partial charge in [0.25, 0.3) is 0 Å². The van der Waals surface area contributed by atoms with Crippen LogP contribution in [0.4, 0.5) is 0 Å². The Kier molecular flexibility index (Phi) is 3.04. The summed E-state index contributed by atoms with van der Waals surface area (Å²) < 4.78 is 0. The summed E-state index contributed by atoms with van der Waals surface area (Å²) in [6.45, 7) is 0.509. The van der Waals surface area contributed by atoms with Crippen LogP contribution in [0.1, 0.15) is 19.3 Å². The van der Waals surface area contributed by atoms with Crippen molar-refractivity contribution in [1.29, 1.82) is 0 Å². The lowest BCUT2D eigenvalue weighted by molar-refractivity contribution is -0.140. The molecule has 6 heteroatoms. The number of piperidine rings is 1. The molecular weight excluding hydrogens is 224 g/mol. The fourth-order valence-corrected chi connectivity index (χ4v) is 2.20. The minimum Gasteiger partial charge on any atom is -0.481 e. The number of hydrogen-bond acceptors (Lipinski definition) is 3. The predicted molar refractivity (Wildman–Crippen MR) is 58.0 cm³/mol. The summed E-state index contributed by atoms with van der Waals surface area (Å²) in [4.78, 5) is 35.2. The Morgan fingerprint density at radius 3 is 2.65 bits per heavy atom. The zero-order valence-electron chi connectivity index (χ0n) is 9.68. The van der Waals surface area contributed by atoms with Crippen molar-refractivity contribution in [3.63, 3.8) is 0 Å². The third-order valence-electron chi connectivity index (χ3n) is 3.42. The van der Waals surface area contributed by atoms with E-state index in [1.54, 1.807) is 11.9 Å². The van der Waals surface area contributed by atoms with Gasteiger partial charge in [-0.15, -0.1) is 0 Å². The second-order valence-electron chi connectivity index (χ2n) is 4.81. The second-order valence-corrected chi connectivity index (χ2v) is 4.81. The average molecular weight is 240 g/mol. The minimum absolute atomic E-state index is 0.0414. The van der Waals surface area contributed by atoms with Crippen molar-refractivity contribution in [1.82, 2.24) is 10.2 Å². The molecule has 2 aliphatic rings. The van der Waals surface area contributed by atoms with Crippen molar-refractivity contribution in [2.75, 3.05) is 13.6 Å². The predicted octanol–water partition coefficient (Wildman–Crippen LogP) is -0.556. The molecule has 6 nitrogen and oxygen atoms in total. The molecule has 2 amide bonds. The number of amides is 2. The van der Waals surface area contributed by atoms with Gasteiger partial charge in [0.2, 0.25) is 11.8 Å². The standard InChI is InChI=1S/C11H16N2O4/c1-13-5-6(2-3-9(13)14)12-10(15)7-4-8(7)11(16)17/h6-8H,2-5H2,1H3,(H,12,15)(H,16,17)/t6-,7+,8-/m1/s1. The van der Waals surface area contributed by atoms with E-state index in [0.717, 1.165) is 0 Å². The number of rotatable bonds is 3. The molecule has 0 bridgehead atoms. The number of carboxylic acid groups (broad SMARTS) is 1. The van der Waals surface area contributed by atoms with Crippen LogP contribution in [0.25, 0.3) is 0 Å². The zero-order chi connectivity index (χ0) is 12.6. The van der Waals surface area contributed by atoms with Gasteiger partial charge in [0.1, 0.15) is 0 Å². The molecule has 0 aromatic carbocycles. The van der Waals surface area contributed by atoms with Gasteiger partial charge in [-0.3, -0.25) is 14.4 Å². The first-order valence-electron chi connectivity index (χ1n) is 5.76. The molecular formula is C11H16N2O4. The summed E-state index contributed by atoms with van der Waals surface area (Å²) >= 11 is 0. The summed E-state index contributed by atoms with van der Waals surface area (Å²) in [6, 6.07) is -0.0414. The number of aliphatic carboxylic acids is 1. The minimum atomic E-state index is -0.902. The maximum absolute atomic E-state index is 11.7. The molecule has 1 heterocycles. The molecule has 0 radical (unpaired) electrons. The van der Waals surface area contributed by atoms with Crippen LogP contribution >= 0.6 is 0 Å². The van der Waals surface area contributed by atoms with Gasteiger partial charge in [-0.2, -0.15) is 0 Å². The van der Waals surface area contributed by atoms with Gasteiger partial charge in [-0.05, 0) is 12.8 Å². The number of nitrogens with one attached hydrogen (secondary N) is 1. The molecule has 1 aliphatic carbocycles. The van der Waals surface area contributed by atoms with E-state index in [1.807, 2.05) is 0 Å². The zero-order valence-corrected chi connectivity index (χ0v) is 9.68. The molecule has 1 saturated carbocycles. The number of hydrogen-bond donors (Lipinski definition) is 2. The quantitative estimate of drug-likeness (QED) is 0.692. The highest BCUT2D eigenvalue weighted by Gasteiger charge is 2.48. The van der Waals surface area contributed by atoms with Gasteiger partial charge in [-0.25, -0.2) is 0 Å². The Hall–Kier alpha value is -1.59. The SMILES string of the molecule is CN1C[C@H](NC(=O)[C@H]2C[C@H]2C(=O)O)CCC1=O. The van der Waals surface area contributed by atoms with Crippen LogP contribution < -0.4 is 5.32 Å². The topological polar surface area (TPSA) is 86.7 Å². The Morgan fingerprint density at radius 2 is 2.12 bits per heavy atom. The van der Waals surface area contributed by atoms with Gasteiger partial charge >= 0.3 is 5.97 Å². The van der Waals surface area contributed by atoms with Gasteiger partial charge in [0.05, 0.1) is 11.8 Å². The van der Waals surface area contributed by atoms with E-state index in [4.69, 9.17) is 5.11 Å². The van der Waals surface area contributed by atoms with E-state index in [1.165, 1.54) is 0 Å². The summed E-state index contributed by atoms with van der Waals surface area (Å²) in [5.74, 6) is -1.90. The summed E-state index contributed by atoms with van der Waals surface area (Å²) in [7, 11) is 1.71. The number of likely N-dealkylation sites (N-methyl/N-ethyl adjacent to an activating group) is 1. The molecule has 0 unspecified atom stereocenters. The number of likely N-dealkylation sites (tertiary alicyclic amines) is 1. The molecule has 0 aromatic rings. The largest absolute Gasteiger partial charge is 0.481 e. The maximum Gasteiger partial charge on any atom is 0.307 e. The first-order valence-corrected chi connectivity index (χ1v) is 5.76. The normalized spacial score (nSPS) is 32.2. The van der Waals surface area contributed by atoms with Crippen LogP contribution in [-0.4, -0.2) is 47.4 Å². The van der Waals surface area contributed by atoms with E-state index in [0.29, 0.717) is 25.8 Å². The monoisotopic (exact) mass is 240 g/mol. The van der Waals surface area contributed by atoms with E-state index < -0.39 is 11.9 Å². The highest BCUT2D eigenvalue weighted by molar-refractivity contribution is 5.89. The van der Waals surface area contributed by atoms with Crippen LogP contribution in [0, 0.1) is 11.8 Å². The first kappa shape index (κ1) is 11.9. The molecule has 2 N–H and O–H groups in total. The molecule has 3 atom stereocenters. The fourth-order valence-electron chi connectivity index (χ4n) is 2.20. The van der Waals surface area contributed by atoms with Crippen LogP contribution in [-0.2, 0) is 14.4 Å². The second kappa shape index (κ2) is 4.35. The van der Waals surface area contributed by atoms with Gasteiger partial charge < -0.3 is 15.3 Å². The number of nitrogens with zero attached hydrogens (tertiary/aromatic N) is 1. The van der Waals surface area contributed by atoms with Gasteiger partial charge in [0, 0.05) is 26.1 Å². The highest BCUT2D eigenvalue weighted by Crippen LogP contribution is 2.38. The van der Waals surface area contributed by atoms with Crippen molar-refractivity contribution in [3.8, 4) is 0 Å². The molecule has 1 saturated heterocycles. The third kappa shape index (κ3) is 2.57. The fraction of sp³-hybridized carbons (Fsp3) is 0.727. The summed E-state index contributed by atoms with van der Waals surface area (Å²) in [5, 5.41) is 11.5. The Morgan fingerprint density at radius 1 is 1.41 bits per heavy atom. The molecule has 1 aliphatic heterocycles. The Bertz CT molecular complexity index is 368. The van der Waals surface area contributed by atoms with E-state index in [9.17, 15) is 14.4 Å². The van der Waals surface area contributed by atoms with Gasteiger partial charge in [0.15, 0.2) is 0 Å². The van der Waals surface area contributed by atoms with Crippen molar-refractivity contribution >= 4 is 17.8 Å². The molecule has 2 rings (SSSR count). The molecule has 0 aromatic heterocycles. The van der Waals surface area contributed by atoms with Gasteiger partial charge in [-0.1, -0.05) is 0 Å². The Labute approximate surface area is 99.0 Å². The summed E-state index contributed by atoms with van der Waals surface area (Å²) in [6.07, 6.45) is 1.51. The van der Waals surface area contributed by atoms with E-state index in [2.05, 4.69) is 5.32 Å². The lowest BCUT2D eigenvalue weighted by Gasteiger charge is -2.30. The highest BCUT2D eigenvalue weighted by atomic mass is 16.4. The summed E-state index contributed by atoms with van der Waals surface area (Å²) in [5.41, 5.74) is 0. The first-order chi connectivity index (χ1) is 7.99. The Balaban J connectivity index is 1.80. The van der Waals surface area contributed by atoms with Crippen molar-refractivity contribution in [2.45, 2.75) is 25.3 Å². The number of carboxylic acids is 1. The average Bonchev–Trinajstić information content (AvgIpc) is 3.03. The van der Waals surface area contributed by atoms with E-state index in [-0.39, 0.29) is 23.8 Å².